The largest absolute Gasteiger partial charge is 0.464 e. The van der Waals surface area contributed by atoms with E-state index in [1.54, 1.807) is 0 Å². The fourth-order valence-electron chi connectivity index (χ4n) is 1.54. The molecule has 0 saturated carbocycles. The van der Waals surface area contributed by atoms with Crippen molar-refractivity contribution in [3.8, 4) is 0 Å². The second-order valence-corrected chi connectivity index (χ2v) is 3.81. The molecule has 0 aliphatic heterocycles. The monoisotopic (exact) mass is 196 g/mol. The van der Waals surface area contributed by atoms with E-state index in [-0.39, 0.29) is 0 Å². The van der Waals surface area contributed by atoms with Crippen LogP contribution in [-0.4, -0.2) is 5.11 Å². The van der Waals surface area contributed by atoms with Crippen molar-refractivity contribution >= 4 is 0 Å². The molecule has 2 nitrogen and oxygen atoms in total. The van der Waals surface area contributed by atoms with Gasteiger partial charge in [-0.2, -0.15) is 0 Å². The zero-order valence-corrected chi connectivity index (χ0v) is 9.12. The molecule has 1 aromatic rings. The summed E-state index contributed by atoms with van der Waals surface area (Å²) >= 11 is 0. The molecular formula is C12H20O2. The number of rotatable bonds is 6. The van der Waals surface area contributed by atoms with E-state index >= 15 is 0 Å². The fourth-order valence-corrected chi connectivity index (χ4v) is 1.54. The Labute approximate surface area is 85.9 Å². The normalized spacial score (nSPS) is 13.1. The predicted molar refractivity (Wildman–Crippen MR) is 57.2 cm³/mol. The SMILES string of the molecule is CCCCCCC(O)c1ccc(C)o1. The van der Waals surface area contributed by atoms with Crippen molar-refractivity contribution in [2.24, 2.45) is 0 Å². The van der Waals surface area contributed by atoms with Gasteiger partial charge in [0.25, 0.3) is 0 Å². The summed E-state index contributed by atoms with van der Waals surface area (Å²) in [5, 5.41) is 9.74. The number of aliphatic hydroxyl groups is 1. The van der Waals surface area contributed by atoms with Crippen LogP contribution in [0.5, 0.6) is 0 Å². The number of hydrogen-bond donors (Lipinski definition) is 1. The quantitative estimate of drug-likeness (QED) is 0.705. The lowest BCUT2D eigenvalue weighted by atomic mass is 10.1. The maximum Gasteiger partial charge on any atom is 0.132 e. The molecule has 2 heteroatoms. The summed E-state index contributed by atoms with van der Waals surface area (Å²) in [5.74, 6) is 1.58. The number of unbranched alkanes of at least 4 members (excludes halogenated alkanes) is 3. The Morgan fingerprint density at radius 2 is 2.07 bits per heavy atom. The Morgan fingerprint density at radius 1 is 1.29 bits per heavy atom. The Morgan fingerprint density at radius 3 is 2.64 bits per heavy atom. The van der Waals surface area contributed by atoms with E-state index in [9.17, 15) is 5.11 Å². The number of furan rings is 1. The zero-order chi connectivity index (χ0) is 10.4. The maximum atomic E-state index is 9.74. The van der Waals surface area contributed by atoms with Gasteiger partial charge < -0.3 is 9.52 Å². The van der Waals surface area contributed by atoms with Gasteiger partial charge >= 0.3 is 0 Å². The van der Waals surface area contributed by atoms with Gasteiger partial charge in [0, 0.05) is 0 Å². The predicted octanol–water partition coefficient (Wildman–Crippen LogP) is 3.59. The highest BCUT2D eigenvalue weighted by molar-refractivity contribution is 5.07. The molecule has 0 aromatic carbocycles. The molecule has 0 aliphatic carbocycles. The van der Waals surface area contributed by atoms with Crippen LogP contribution in [0.3, 0.4) is 0 Å². The molecule has 0 saturated heterocycles. The minimum atomic E-state index is -0.416. The van der Waals surface area contributed by atoms with E-state index in [4.69, 9.17) is 4.42 Å². The third kappa shape index (κ3) is 3.54. The molecule has 1 rings (SSSR count). The molecular weight excluding hydrogens is 176 g/mol. The van der Waals surface area contributed by atoms with E-state index < -0.39 is 6.10 Å². The summed E-state index contributed by atoms with van der Waals surface area (Å²) in [7, 11) is 0. The van der Waals surface area contributed by atoms with Crippen molar-refractivity contribution in [3.05, 3.63) is 23.7 Å². The molecule has 1 N–H and O–H groups in total. The first-order chi connectivity index (χ1) is 6.74. The fraction of sp³-hybridized carbons (Fsp3) is 0.667. The van der Waals surface area contributed by atoms with Crippen LogP contribution in [0.1, 0.15) is 56.7 Å². The number of hydrogen-bond acceptors (Lipinski definition) is 2. The molecule has 0 aliphatic rings. The lowest BCUT2D eigenvalue weighted by molar-refractivity contribution is 0.135. The van der Waals surface area contributed by atoms with Crippen LogP contribution >= 0.6 is 0 Å². The van der Waals surface area contributed by atoms with Crippen LogP contribution in [0.25, 0.3) is 0 Å². The van der Waals surface area contributed by atoms with Crippen LogP contribution in [0.4, 0.5) is 0 Å². The summed E-state index contributed by atoms with van der Waals surface area (Å²) in [6.45, 7) is 4.08. The van der Waals surface area contributed by atoms with E-state index in [2.05, 4.69) is 6.92 Å². The lowest BCUT2D eigenvalue weighted by Crippen LogP contribution is -1.95. The topological polar surface area (TPSA) is 33.4 Å². The van der Waals surface area contributed by atoms with Crippen molar-refractivity contribution in [2.75, 3.05) is 0 Å². The van der Waals surface area contributed by atoms with Gasteiger partial charge in [-0.05, 0) is 25.5 Å². The van der Waals surface area contributed by atoms with Gasteiger partial charge in [-0.25, -0.2) is 0 Å². The number of aryl methyl sites for hydroxylation is 1. The van der Waals surface area contributed by atoms with Crippen LogP contribution < -0.4 is 0 Å². The minimum Gasteiger partial charge on any atom is -0.464 e. The van der Waals surface area contributed by atoms with Crippen LogP contribution in [0, 0.1) is 6.92 Å². The van der Waals surface area contributed by atoms with Gasteiger partial charge in [0.2, 0.25) is 0 Å². The van der Waals surface area contributed by atoms with Crippen molar-refractivity contribution in [1.29, 1.82) is 0 Å². The Hall–Kier alpha value is -0.760. The van der Waals surface area contributed by atoms with E-state index in [1.165, 1.54) is 19.3 Å². The molecule has 1 heterocycles. The standard InChI is InChI=1S/C12H20O2/c1-3-4-5-6-7-11(13)12-9-8-10(2)14-12/h8-9,11,13H,3-7H2,1-2H3. The van der Waals surface area contributed by atoms with Gasteiger partial charge in [-0.1, -0.05) is 32.6 Å². The smallest absolute Gasteiger partial charge is 0.132 e. The first kappa shape index (κ1) is 11.3. The third-order valence-electron chi connectivity index (χ3n) is 2.42. The average Bonchev–Trinajstić information content (AvgIpc) is 2.59. The van der Waals surface area contributed by atoms with Crippen molar-refractivity contribution in [1.82, 2.24) is 0 Å². The third-order valence-corrected chi connectivity index (χ3v) is 2.42. The van der Waals surface area contributed by atoms with Crippen molar-refractivity contribution in [2.45, 2.75) is 52.1 Å². The second kappa shape index (κ2) is 5.86. The molecule has 0 spiro atoms. The van der Waals surface area contributed by atoms with Crippen molar-refractivity contribution in [3.63, 3.8) is 0 Å². The summed E-state index contributed by atoms with van der Waals surface area (Å²) in [6, 6.07) is 3.75. The van der Waals surface area contributed by atoms with Crippen LogP contribution in [-0.2, 0) is 0 Å². The molecule has 0 fully saturated rings. The molecule has 1 unspecified atom stereocenters. The van der Waals surface area contributed by atoms with E-state index in [0.717, 1.165) is 18.6 Å². The highest BCUT2D eigenvalue weighted by Crippen LogP contribution is 2.21. The summed E-state index contributed by atoms with van der Waals surface area (Å²) in [4.78, 5) is 0. The van der Waals surface area contributed by atoms with E-state index in [1.807, 2.05) is 19.1 Å². The Bertz CT molecular complexity index is 253. The van der Waals surface area contributed by atoms with Crippen LogP contribution in [0.15, 0.2) is 16.5 Å². The van der Waals surface area contributed by atoms with Gasteiger partial charge in [-0.3, -0.25) is 0 Å². The average molecular weight is 196 g/mol. The highest BCUT2D eigenvalue weighted by atomic mass is 16.4. The highest BCUT2D eigenvalue weighted by Gasteiger charge is 2.10. The Kier molecular flexibility index (Phi) is 4.74. The van der Waals surface area contributed by atoms with Crippen LogP contribution in [0.2, 0.25) is 0 Å². The lowest BCUT2D eigenvalue weighted by Gasteiger charge is -2.06. The Balaban J connectivity index is 2.25. The maximum absolute atomic E-state index is 9.74. The first-order valence-electron chi connectivity index (χ1n) is 5.48. The van der Waals surface area contributed by atoms with Gasteiger partial charge in [0.1, 0.15) is 17.6 Å². The summed E-state index contributed by atoms with van der Waals surface area (Å²) in [5.41, 5.74) is 0. The van der Waals surface area contributed by atoms with E-state index in [0.29, 0.717) is 5.76 Å². The summed E-state index contributed by atoms with van der Waals surface area (Å²) in [6.07, 6.45) is 5.16. The molecule has 1 aromatic heterocycles. The molecule has 80 valence electrons. The van der Waals surface area contributed by atoms with Gasteiger partial charge in [0.15, 0.2) is 0 Å². The summed E-state index contributed by atoms with van der Waals surface area (Å²) < 4.78 is 5.35. The molecule has 0 bridgehead atoms. The second-order valence-electron chi connectivity index (χ2n) is 3.81. The molecule has 0 amide bonds. The minimum absolute atomic E-state index is 0.416. The molecule has 0 radical (unpaired) electrons. The zero-order valence-electron chi connectivity index (χ0n) is 9.12. The number of aliphatic hydroxyl groups excluding tert-OH is 1. The molecule has 14 heavy (non-hydrogen) atoms. The van der Waals surface area contributed by atoms with Gasteiger partial charge in [-0.15, -0.1) is 0 Å². The van der Waals surface area contributed by atoms with Gasteiger partial charge in [0.05, 0.1) is 0 Å². The molecule has 1 atom stereocenters. The van der Waals surface area contributed by atoms with Crippen molar-refractivity contribution < 1.29 is 9.52 Å². The first-order valence-corrected chi connectivity index (χ1v) is 5.48.